The van der Waals surface area contributed by atoms with Crippen LogP contribution >= 0.6 is 7.82 Å². The summed E-state index contributed by atoms with van der Waals surface area (Å²) in [4.78, 5) is 42.7. The van der Waals surface area contributed by atoms with Crippen LogP contribution in [0.25, 0.3) is 0 Å². The number of unbranched alkanes of at least 4 members (excludes halogenated alkanes) is 10. The summed E-state index contributed by atoms with van der Waals surface area (Å²) in [6, 6.07) is 0. The van der Waals surface area contributed by atoms with E-state index in [9.17, 15) is 19.3 Å². The summed E-state index contributed by atoms with van der Waals surface area (Å²) < 4.78 is 26.2. The predicted molar refractivity (Wildman–Crippen MR) is 213 cm³/mol. The number of hydrogen-bond acceptors (Lipinski definition) is 7. The molecule has 0 aliphatic carbocycles. The lowest BCUT2D eigenvalue weighted by molar-refractivity contribution is -0.161. The summed E-state index contributed by atoms with van der Waals surface area (Å²) in [6.45, 7) is 5.74. The van der Waals surface area contributed by atoms with E-state index >= 15 is 0 Å². The second-order valence-electron chi connectivity index (χ2n) is 13.6. The average molecular weight is 751 g/mol. The van der Waals surface area contributed by atoms with Gasteiger partial charge in [0.15, 0.2) is 6.10 Å². The van der Waals surface area contributed by atoms with Gasteiger partial charge in [-0.25, -0.2) is 4.57 Å². The molecule has 0 saturated heterocycles. The lowest BCUT2D eigenvalue weighted by Gasteiger charge is -2.18. The van der Waals surface area contributed by atoms with Crippen molar-refractivity contribution < 1.29 is 43.0 Å². The number of aliphatic hydroxyl groups is 1. The van der Waals surface area contributed by atoms with Gasteiger partial charge in [-0.05, 0) is 50.9 Å². The average Bonchev–Trinajstić information content (AvgIpc) is 3.09. The number of phosphoric acid groups is 1. The van der Waals surface area contributed by atoms with Crippen LogP contribution in [0.5, 0.6) is 0 Å². The topological polar surface area (TPSA) is 140 Å². The first-order valence-corrected chi connectivity index (χ1v) is 21.2. The summed E-state index contributed by atoms with van der Waals surface area (Å²) in [5.74, 6) is -0.217. The van der Waals surface area contributed by atoms with Crippen LogP contribution in [0.2, 0.25) is 0 Å². The van der Waals surface area contributed by atoms with Gasteiger partial charge >= 0.3 is 19.8 Å². The molecule has 298 valence electrons. The van der Waals surface area contributed by atoms with Crippen LogP contribution in [-0.2, 0) is 28.2 Å². The third-order valence-electron chi connectivity index (χ3n) is 8.01. The zero-order chi connectivity index (χ0) is 38.5. The van der Waals surface area contributed by atoms with Crippen molar-refractivity contribution in [3.8, 4) is 0 Å². The lowest BCUT2D eigenvalue weighted by Crippen LogP contribution is -2.29. The van der Waals surface area contributed by atoms with E-state index in [0.29, 0.717) is 25.7 Å². The monoisotopic (exact) mass is 750 g/mol. The van der Waals surface area contributed by atoms with Gasteiger partial charge in [-0.3, -0.25) is 14.1 Å². The molecule has 0 spiro atoms. The largest absolute Gasteiger partial charge is 0.469 e. The number of allylic oxidation sites excluding steroid dienone is 10. The minimum absolute atomic E-state index is 0.0610. The number of esters is 2. The summed E-state index contributed by atoms with van der Waals surface area (Å²) >= 11 is 0. The van der Waals surface area contributed by atoms with E-state index in [0.717, 1.165) is 44.4 Å². The molecule has 0 aliphatic rings. The molecule has 3 N–H and O–H groups in total. The number of ether oxygens (including phenoxy) is 2. The molecule has 0 aliphatic heterocycles. The van der Waals surface area contributed by atoms with Crippen molar-refractivity contribution >= 4 is 19.8 Å². The van der Waals surface area contributed by atoms with Crippen LogP contribution in [0.1, 0.15) is 149 Å². The predicted octanol–water partition coefficient (Wildman–Crippen LogP) is 10.7. The molecular formula is C42H71O9P. The fourth-order valence-electron chi connectivity index (χ4n) is 5.08. The van der Waals surface area contributed by atoms with E-state index in [1.807, 2.05) is 48.6 Å². The van der Waals surface area contributed by atoms with Crippen molar-refractivity contribution in [1.29, 1.82) is 0 Å². The van der Waals surface area contributed by atoms with Crippen LogP contribution in [0.3, 0.4) is 0 Å². The lowest BCUT2D eigenvalue weighted by atomic mass is 10.0. The Bertz CT molecular complexity index is 1100. The molecule has 0 heterocycles. The van der Waals surface area contributed by atoms with Gasteiger partial charge in [0, 0.05) is 12.8 Å². The van der Waals surface area contributed by atoms with Gasteiger partial charge in [0.25, 0.3) is 0 Å². The van der Waals surface area contributed by atoms with E-state index in [1.165, 1.54) is 51.4 Å². The Labute approximate surface area is 315 Å². The molecule has 0 amide bonds. The fourth-order valence-corrected chi connectivity index (χ4v) is 5.44. The smallest absolute Gasteiger partial charge is 0.462 e. The molecule has 0 aromatic carbocycles. The summed E-state index contributed by atoms with van der Waals surface area (Å²) in [7, 11) is -4.79. The van der Waals surface area contributed by atoms with Crippen LogP contribution in [-0.4, -0.2) is 52.3 Å². The molecule has 0 bridgehead atoms. The summed E-state index contributed by atoms with van der Waals surface area (Å²) in [5, 5.41) is 9.96. The number of hydrogen-bond donors (Lipinski definition) is 3. The third-order valence-corrected chi connectivity index (χ3v) is 8.50. The Morgan fingerprint density at radius 2 is 1.21 bits per heavy atom. The van der Waals surface area contributed by atoms with E-state index in [2.05, 4.69) is 43.5 Å². The number of carbonyl (C=O) groups excluding carboxylic acids is 2. The molecule has 0 aromatic rings. The van der Waals surface area contributed by atoms with Gasteiger partial charge in [0.1, 0.15) is 6.61 Å². The van der Waals surface area contributed by atoms with Gasteiger partial charge in [0.2, 0.25) is 0 Å². The van der Waals surface area contributed by atoms with Crippen molar-refractivity contribution in [2.75, 3.05) is 13.2 Å². The van der Waals surface area contributed by atoms with Gasteiger partial charge in [0.05, 0.1) is 12.7 Å². The van der Waals surface area contributed by atoms with E-state index < -0.39 is 38.6 Å². The highest BCUT2D eigenvalue weighted by Crippen LogP contribution is 2.36. The van der Waals surface area contributed by atoms with Gasteiger partial charge < -0.3 is 24.4 Å². The highest BCUT2D eigenvalue weighted by Gasteiger charge is 2.22. The van der Waals surface area contributed by atoms with Crippen molar-refractivity contribution in [3.05, 3.63) is 72.9 Å². The van der Waals surface area contributed by atoms with Crippen LogP contribution < -0.4 is 0 Å². The number of phosphoric ester groups is 1. The third kappa shape index (κ3) is 38.7. The molecule has 2 atom stereocenters. The Hall–Kier alpha value is -2.55. The number of aliphatic hydroxyl groups excluding tert-OH is 1. The van der Waals surface area contributed by atoms with E-state index in [4.69, 9.17) is 19.3 Å². The first-order valence-electron chi connectivity index (χ1n) is 19.7. The standard InChI is InChI=1S/C42H71O9P/c1-4-5-6-7-22-27-32-39(43)33-28-23-18-14-11-12-16-20-25-30-35-42(45)51-40(37-50-52(46,47)48)36-49-41(44)34-29-24-19-15-10-8-9-13-17-21-26-31-38(2)3/h5-6,11-12,18,20,22-23,25,27-28,33,38-40,43H,4,7-10,13-17,19,21,24,26,29-32,34-37H2,1-3H3,(H2,46,47,48)/b6-5-,12-11-,23-18-,25-20-,27-22-,33-28+/t39?,40-/m1/s1. The highest BCUT2D eigenvalue weighted by atomic mass is 31.2. The Morgan fingerprint density at radius 3 is 1.83 bits per heavy atom. The second kappa shape index (κ2) is 35.5. The number of rotatable bonds is 34. The van der Waals surface area contributed by atoms with Crippen molar-refractivity contribution in [2.45, 2.75) is 161 Å². The van der Waals surface area contributed by atoms with Crippen LogP contribution in [0.4, 0.5) is 0 Å². The quantitative estimate of drug-likeness (QED) is 0.0193. The van der Waals surface area contributed by atoms with Gasteiger partial charge in [-0.2, -0.15) is 0 Å². The van der Waals surface area contributed by atoms with Crippen molar-refractivity contribution in [3.63, 3.8) is 0 Å². The maximum atomic E-state index is 12.4. The minimum Gasteiger partial charge on any atom is -0.462 e. The molecular weight excluding hydrogens is 679 g/mol. The molecule has 0 fully saturated rings. The normalized spacial score (nSPS) is 14.0. The Morgan fingerprint density at radius 1 is 0.654 bits per heavy atom. The minimum atomic E-state index is -4.79. The van der Waals surface area contributed by atoms with Crippen molar-refractivity contribution in [1.82, 2.24) is 0 Å². The molecule has 0 saturated carbocycles. The van der Waals surface area contributed by atoms with E-state index in [1.54, 1.807) is 6.08 Å². The molecule has 0 radical (unpaired) electrons. The summed E-state index contributed by atoms with van der Waals surface area (Å²) in [5.41, 5.74) is 0. The van der Waals surface area contributed by atoms with Gasteiger partial charge in [-0.1, -0.05) is 164 Å². The van der Waals surface area contributed by atoms with Crippen LogP contribution in [0.15, 0.2) is 72.9 Å². The van der Waals surface area contributed by atoms with Crippen molar-refractivity contribution in [2.24, 2.45) is 5.92 Å². The summed E-state index contributed by atoms with van der Waals surface area (Å²) in [6.07, 6.45) is 41.0. The molecule has 52 heavy (non-hydrogen) atoms. The number of carbonyl (C=O) groups is 2. The maximum absolute atomic E-state index is 12.4. The Balaban J connectivity index is 4.17. The van der Waals surface area contributed by atoms with Gasteiger partial charge in [-0.15, -0.1) is 0 Å². The SMILES string of the molecule is CC/C=C\C/C=C\CC(O)/C=C/C=C\C/C=C\C/C=C\CCC(=O)O[C@H](COC(=O)CCCCCCCCCCCCCC(C)C)COP(=O)(O)O. The second-order valence-corrected chi connectivity index (χ2v) is 14.8. The molecule has 0 aromatic heterocycles. The zero-order valence-electron chi connectivity index (χ0n) is 32.5. The zero-order valence-corrected chi connectivity index (χ0v) is 33.3. The highest BCUT2D eigenvalue weighted by molar-refractivity contribution is 7.46. The molecule has 9 nitrogen and oxygen atoms in total. The maximum Gasteiger partial charge on any atom is 0.469 e. The molecule has 0 rings (SSSR count). The Kier molecular flexibility index (Phi) is 33.7. The molecule has 10 heteroatoms. The molecule has 1 unspecified atom stereocenters. The van der Waals surface area contributed by atoms with E-state index in [-0.39, 0.29) is 19.4 Å². The first kappa shape index (κ1) is 49.5. The fraction of sp³-hybridized carbons (Fsp3) is 0.667. The first-order chi connectivity index (χ1) is 25.0. The van der Waals surface area contributed by atoms with Crippen LogP contribution in [0, 0.1) is 5.92 Å².